The van der Waals surface area contributed by atoms with Crippen molar-refractivity contribution in [1.29, 1.82) is 0 Å². The Kier molecular flexibility index (Phi) is 6.45. The van der Waals surface area contributed by atoms with Gasteiger partial charge in [-0.3, -0.25) is 4.79 Å². The van der Waals surface area contributed by atoms with E-state index in [2.05, 4.69) is 15.5 Å². The molecule has 2 aliphatic rings. The van der Waals surface area contributed by atoms with Gasteiger partial charge in [0.1, 0.15) is 6.33 Å². The van der Waals surface area contributed by atoms with E-state index in [9.17, 15) is 13.2 Å². The van der Waals surface area contributed by atoms with E-state index in [0.717, 1.165) is 43.7 Å². The molecular formula is C20H27N5O3S2. The van der Waals surface area contributed by atoms with Gasteiger partial charge in [0.05, 0.1) is 10.6 Å². The maximum Gasteiger partial charge on any atom is 0.243 e. The molecule has 10 heteroatoms. The third kappa shape index (κ3) is 4.87. The highest BCUT2D eigenvalue weighted by molar-refractivity contribution is 7.99. The van der Waals surface area contributed by atoms with Gasteiger partial charge in [0.2, 0.25) is 15.9 Å². The number of hydrogen-bond donors (Lipinski definition) is 1. The number of benzene rings is 1. The Labute approximate surface area is 181 Å². The van der Waals surface area contributed by atoms with E-state index in [0.29, 0.717) is 30.4 Å². The van der Waals surface area contributed by atoms with Crippen molar-refractivity contribution in [2.24, 2.45) is 0 Å². The molecule has 30 heavy (non-hydrogen) atoms. The van der Waals surface area contributed by atoms with Gasteiger partial charge in [0.25, 0.3) is 0 Å². The Morgan fingerprint density at radius 1 is 1.20 bits per heavy atom. The van der Waals surface area contributed by atoms with Crippen molar-refractivity contribution >= 4 is 33.4 Å². The number of nitrogens with one attached hydrogen (secondary N) is 1. The third-order valence-corrected chi connectivity index (χ3v) is 8.47. The van der Waals surface area contributed by atoms with Gasteiger partial charge >= 0.3 is 0 Å². The SMILES string of the molecule is Cc1ccc(NC(=O)CSc2nncn2C2CC2)cc1S(=O)(=O)N1CCCCCC1. The van der Waals surface area contributed by atoms with Crippen LogP contribution in [0, 0.1) is 6.92 Å². The highest BCUT2D eigenvalue weighted by atomic mass is 32.2. The summed E-state index contributed by atoms with van der Waals surface area (Å²) in [4.78, 5) is 12.7. The molecule has 1 N–H and O–H groups in total. The summed E-state index contributed by atoms with van der Waals surface area (Å²) in [5.74, 6) is -0.0136. The number of nitrogens with zero attached hydrogens (tertiary/aromatic N) is 4. The molecule has 162 valence electrons. The van der Waals surface area contributed by atoms with Gasteiger partial charge in [0, 0.05) is 24.8 Å². The van der Waals surface area contributed by atoms with Gasteiger partial charge in [-0.15, -0.1) is 10.2 Å². The van der Waals surface area contributed by atoms with Crippen LogP contribution in [0.4, 0.5) is 5.69 Å². The zero-order valence-corrected chi connectivity index (χ0v) is 18.7. The molecular weight excluding hydrogens is 422 g/mol. The molecule has 2 fully saturated rings. The summed E-state index contributed by atoms with van der Waals surface area (Å²) in [5, 5.41) is 11.6. The van der Waals surface area contributed by atoms with E-state index >= 15 is 0 Å². The van der Waals surface area contributed by atoms with Gasteiger partial charge in [-0.2, -0.15) is 4.31 Å². The summed E-state index contributed by atoms with van der Waals surface area (Å²) in [6, 6.07) is 5.52. The van der Waals surface area contributed by atoms with Crippen LogP contribution in [-0.4, -0.2) is 52.2 Å². The molecule has 2 aromatic rings. The smallest absolute Gasteiger partial charge is 0.243 e. The topological polar surface area (TPSA) is 97.2 Å². The normalized spacial score (nSPS) is 18.2. The largest absolute Gasteiger partial charge is 0.325 e. The lowest BCUT2D eigenvalue weighted by Crippen LogP contribution is -2.32. The second-order valence-electron chi connectivity index (χ2n) is 7.89. The second kappa shape index (κ2) is 9.07. The first-order valence-corrected chi connectivity index (χ1v) is 12.8. The van der Waals surface area contributed by atoms with Crippen LogP contribution < -0.4 is 5.32 Å². The lowest BCUT2D eigenvalue weighted by molar-refractivity contribution is -0.113. The van der Waals surface area contributed by atoms with Crippen LogP contribution in [0.2, 0.25) is 0 Å². The zero-order valence-electron chi connectivity index (χ0n) is 17.1. The Morgan fingerprint density at radius 3 is 2.63 bits per heavy atom. The Morgan fingerprint density at radius 2 is 1.93 bits per heavy atom. The standard InChI is InChI=1S/C20H27N5O3S2/c1-15-6-7-16(12-18(15)30(27,28)24-10-4-2-3-5-11-24)22-19(26)13-29-20-23-21-14-25(20)17-8-9-17/h6-7,12,14,17H,2-5,8-11,13H2,1H3,(H,22,26). The maximum absolute atomic E-state index is 13.2. The number of sulfonamides is 1. The minimum atomic E-state index is -3.58. The molecule has 0 radical (unpaired) electrons. The average Bonchev–Trinajstić information content (AvgIpc) is 3.51. The molecule has 0 bridgehead atoms. The van der Waals surface area contributed by atoms with E-state index in [1.165, 1.54) is 11.8 Å². The molecule has 1 saturated heterocycles. The molecule has 1 aliphatic heterocycles. The maximum atomic E-state index is 13.2. The van der Waals surface area contributed by atoms with Crippen LogP contribution in [0.1, 0.15) is 50.1 Å². The van der Waals surface area contributed by atoms with Crippen LogP contribution in [0.5, 0.6) is 0 Å². The third-order valence-electron chi connectivity index (χ3n) is 5.47. The van der Waals surface area contributed by atoms with Crippen molar-refractivity contribution in [3.63, 3.8) is 0 Å². The van der Waals surface area contributed by atoms with Crippen molar-refractivity contribution < 1.29 is 13.2 Å². The van der Waals surface area contributed by atoms with Crippen molar-refractivity contribution in [2.75, 3.05) is 24.2 Å². The highest BCUT2D eigenvalue weighted by Crippen LogP contribution is 2.37. The summed E-state index contributed by atoms with van der Waals surface area (Å²) >= 11 is 1.34. The van der Waals surface area contributed by atoms with Crippen molar-refractivity contribution in [1.82, 2.24) is 19.1 Å². The number of anilines is 1. The van der Waals surface area contributed by atoms with Gasteiger partial charge in [0.15, 0.2) is 5.16 Å². The van der Waals surface area contributed by atoms with Crippen LogP contribution in [-0.2, 0) is 14.8 Å². The quantitative estimate of drug-likeness (QED) is 0.652. The zero-order chi connectivity index (χ0) is 21.1. The molecule has 1 amide bonds. The molecule has 0 spiro atoms. The number of thioether (sulfide) groups is 1. The van der Waals surface area contributed by atoms with Gasteiger partial charge < -0.3 is 9.88 Å². The Balaban J connectivity index is 1.43. The van der Waals surface area contributed by atoms with E-state index in [1.54, 1.807) is 35.8 Å². The summed E-state index contributed by atoms with van der Waals surface area (Å²) in [5.41, 5.74) is 1.17. The molecule has 1 aromatic carbocycles. The number of aromatic nitrogens is 3. The van der Waals surface area contributed by atoms with Crippen LogP contribution in [0.3, 0.4) is 0 Å². The first-order valence-electron chi connectivity index (χ1n) is 10.4. The number of carbonyl (C=O) groups is 1. The molecule has 0 atom stereocenters. The average molecular weight is 450 g/mol. The minimum Gasteiger partial charge on any atom is -0.325 e. The molecule has 8 nitrogen and oxygen atoms in total. The summed E-state index contributed by atoms with van der Waals surface area (Å²) in [6.07, 6.45) is 7.85. The molecule has 1 saturated carbocycles. The summed E-state index contributed by atoms with van der Waals surface area (Å²) < 4.78 is 29.9. The van der Waals surface area contributed by atoms with Crippen molar-refractivity contribution in [3.8, 4) is 0 Å². The first kappa shape index (κ1) is 21.3. The Bertz CT molecular complexity index is 1010. The fourth-order valence-corrected chi connectivity index (χ4v) is 6.19. The lowest BCUT2D eigenvalue weighted by Gasteiger charge is -2.21. The van der Waals surface area contributed by atoms with Crippen LogP contribution in [0.15, 0.2) is 34.6 Å². The fraction of sp³-hybridized carbons (Fsp3) is 0.550. The first-order chi connectivity index (χ1) is 14.4. The summed E-state index contributed by atoms with van der Waals surface area (Å²) in [6.45, 7) is 2.89. The van der Waals surface area contributed by atoms with Gasteiger partial charge in [-0.1, -0.05) is 30.7 Å². The van der Waals surface area contributed by atoms with Gasteiger partial charge in [-0.05, 0) is 50.3 Å². The Hall–Kier alpha value is -1.91. The number of rotatable bonds is 7. The lowest BCUT2D eigenvalue weighted by atomic mass is 10.2. The van der Waals surface area contributed by atoms with Crippen LogP contribution in [0.25, 0.3) is 0 Å². The number of hydrogen-bond acceptors (Lipinski definition) is 6. The van der Waals surface area contributed by atoms with Crippen LogP contribution >= 0.6 is 11.8 Å². The number of amides is 1. The van der Waals surface area contributed by atoms with E-state index in [-0.39, 0.29) is 16.6 Å². The van der Waals surface area contributed by atoms with Crippen molar-refractivity contribution in [2.45, 2.75) is 61.5 Å². The number of aryl methyl sites for hydroxylation is 1. The van der Waals surface area contributed by atoms with E-state index in [1.807, 2.05) is 4.57 Å². The minimum absolute atomic E-state index is 0.188. The molecule has 1 aromatic heterocycles. The molecule has 2 heterocycles. The van der Waals surface area contributed by atoms with E-state index in [4.69, 9.17) is 0 Å². The second-order valence-corrected chi connectivity index (χ2v) is 10.7. The monoisotopic (exact) mass is 449 g/mol. The highest BCUT2D eigenvalue weighted by Gasteiger charge is 2.28. The van der Waals surface area contributed by atoms with Gasteiger partial charge in [-0.25, -0.2) is 8.42 Å². The fourth-order valence-electron chi connectivity index (χ4n) is 3.64. The molecule has 4 rings (SSSR count). The predicted octanol–water partition coefficient (Wildman–Crippen LogP) is 3.22. The number of carbonyl (C=O) groups excluding carboxylic acids is 1. The van der Waals surface area contributed by atoms with Crippen molar-refractivity contribution in [3.05, 3.63) is 30.1 Å². The predicted molar refractivity (Wildman–Crippen MR) is 116 cm³/mol. The molecule has 0 unspecified atom stereocenters. The molecule has 1 aliphatic carbocycles. The van der Waals surface area contributed by atoms with E-state index < -0.39 is 10.0 Å². The summed E-state index contributed by atoms with van der Waals surface area (Å²) in [7, 11) is -3.58.